The van der Waals surface area contributed by atoms with Crippen LogP contribution in [0.15, 0.2) is 30.6 Å². The minimum atomic E-state index is -0.862. The third kappa shape index (κ3) is 3.42. The maximum atomic E-state index is 10.3. The molecule has 0 saturated carbocycles. The van der Waals surface area contributed by atoms with Crippen molar-refractivity contribution >= 4 is 5.82 Å². The molecule has 0 saturated heterocycles. The number of aliphatic hydroxyl groups is 1. The summed E-state index contributed by atoms with van der Waals surface area (Å²) in [5.41, 5.74) is 0.754. The second-order valence-corrected chi connectivity index (χ2v) is 4.37. The minimum Gasteiger partial charge on any atom is -0.497 e. The topological polar surface area (TPSA) is 100 Å². The highest BCUT2D eigenvalue weighted by Crippen LogP contribution is 2.29. The lowest BCUT2D eigenvalue weighted by molar-refractivity contribution is 0.186. The van der Waals surface area contributed by atoms with Crippen molar-refractivity contribution in [2.75, 3.05) is 26.1 Å². The Labute approximate surface area is 128 Å². The SMILES string of the molecule is COc1ccc(OC)c(C(O)CNc2nccnc2C#N)c1. The van der Waals surface area contributed by atoms with Crippen molar-refractivity contribution in [3.8, 4) is 17.6 Å². The summed E-state index contributed by atoms with van der Waals surface area (Å²) in [5.74, 6) is 1.49. The average Bonchev–Trinajstić information content (AvgIpc) is 2.59. The van der Waals surface area contributed by atoms with Crippen molar-refractivity contribution in [2.24, 2.45) is 0 Å². The summed E-state index contributed by atoms with van der Waals surface area (Å²) < 4.78 is 10.4. The predicted octanol–water partition coefficient (Wildman–Crippen LogP) is 1.51. The third-order valence-corrected chi connectivity index (χ3v) is 3.06. The van der Waals surface area contributed by atoms with E-state index in [1.165, 1.54) is 19.5 Å². The number of benzene rings is 1. The highest BCUT2D eigenvalue weighted by Gasteiger charge is 2.15. The number of aromatic nitrogens is 2. The van der Waals surface area contributed by atoms with Crippen LogP contribution in [0.5, 0.6) is 11.5 Å². The highest BCUT2D eigenvalue weighted by atomic mass is 16.5. The molecule has 2 rings (SSSR count). The molecule has 1 unspecified atom stereocenters. The van der Waals surface area contributed by atoms with Crippen LogP contribution in [-0.4, -0.2) is 35.8 Å². The molecule has 0 aliphatic carbocycles. The zero-order chi connectivity index (χ0) is 15.9. The van der Waals surface area contributed by atoms with Gasteiger partial charge in [0.2, 0.25) is 0 Å². The molecule has 1 atom stereocenters. The van der Waals surface area contributed by atoms with Crippen LogP contribution >= 0.6 is 0 Å². The number of nitrogens with one attached hydrogen (secondary N) is 1. The Morgan fingerprint density at radius 3 is 2.73 bits per heavy atom. The second kappa shape index (κ2) is 7.24. The molecule has 1 heterocycles. The van der Waals surface area contributed by atoms with Crippen molar-refractivity contribution < 1.29 is 14.6 Å². The van der Waals surface area contributed by atoms with Crippen molar-refractivity contribution in [2.45, 2.75) is 6.10 Å². The Morgan fingerprint density at radius 1 is 1.27 bits per heavy atom. The van der Waals surface area contributed by atoms with E-state index in [1.54, 1.807) is 25.3 Å². The molecule has 0 spiro atoms. The molecule has 22 heavy (non-hydrogen) atoms. The number of aliphatic hydroxyl groups excluding tert-OH is 1. The fourth-order valence-electron chi connectivity index (χ4n) is 1.95. The average molecular weight is 300 g/mol. The van der Waals surface area contributed by atoms with Gasteiger partial charge in [-0.05, 0) is 18.2 Å². The van der Waals surface area contributed by atoms with Gasteiger partial charge in [-0.2, -0.15) is 5.26 Å². The van der Waals surface area contributed by atoms with E-state index < -0.39 is 6.10 Å². The van der Waals surface area contributed by atoms with Crippen LogP contribution in [0.2, 0.25) is 0 Å². The van der Waals surface area contributed by atoms with Gasteiger partial charge in [0, 0.05) is 24.5 Å². The summed E-state index contributed by atoms with van der Waals surface area (Å²) in [6.45, 7) is 0.150. The molecule has 7 heteroatoms. The largest absolute Gasteiger partial charge is 0.497 e. The van der Waals surface area contributed by atoms with Gasteiger partial charge < -0.3 is 19.9 Å². The first-order chi connectivity index (χ1) is 10.7. The van der Waals surface area contributed by atoms with Crippen molar-refractivity contribution in [3.63, 3.8) is 0 Å². The number of methoxy groups -OCH3 is 2. The van der Waals surface area contributed by atoms with E-state index in [4.69, 9.17) is 14.7 Å². The molecule has 0 aliphatic heterocycles. The summed E-state index contributed by atoms with van der Waals surface area (Å²) >= 11 is 0. The maximum absolute atomic E-state index is 10.3. The van der Waals surface area contributed by atoms with Gasteiger partial charge in [-0.15, -0.1) is 0 Å². The molecule has 1 aromatic carbocycles. The van der Waals surface area contributed by atoms with Gasteiger partial charge in [0.15, 0.2) is 11.5 Å². The van der Waals surface area contributed by atoms with Crippen molar-refractivity contribution in [3.05, 3.63) is 41.9 Å². The third-order valence-electron chi connectivity index (χ3n) is 3.06. The molecule has 2 N–H and O–H groups in total. The number of ether oxygens (including phenoxy) is 2. The molecule has 0 radical (unpaired) electrons. The van der Waals surface area contributed by atoms with E-state index in [2.05, 4.69) is 15.3 Å². The van der Waals surface area contributed by atoms with E-state index in [-0.39, 0.29) is 12.2 Å². The Kier molecular flexibility index (Phi) is 5.11. The molecule has 114 valence electrons. The molecular weight excluding hydrogens is 284 g/mol. The van der Waals surface area contributed by atoms with Crippen molar-refractivity contribution in [1.82, 2.24) is 9.97 Å². The lowest BCUT2D eigenvalue weighted by atomic mass is 10.1. The number of nitriles is 1. The van der Waals surface area contributed by atoms with Crippen LogP contribution in [0, 0.1) is 11.3 Å². The molecule has 1 aromatic heterocycles. The number of hydrogen-bond acceptors (Lipinski definition) is 7. The van der Waals surface area contributed by atoms with Crippen LogP contribution in [0.3, 0.4) is 0 Å². The summed E-state index contributed by atoms with van der Waals surface area (Å²) in [6, 6.07) is 7.11. The Morgan fingerprint density at radius 2 is 2.05 bits per heavy atom. The van der Waals surface area contributed by atoms with Gasteiger partial charge in [0.05, 0.1) is 20.3 Å². The number of hydrogen-bond donors (Lipinski definition) is 2. The monoisotopic (exact) mass is 300 g/mol. The van der Waals surface area contributed by atoms with Gasteiger partial charge in [-0.1, -0.05) is 0 Å². The number of rotatable bonds is 6. The van der Waals surface area contributed by atoms with E-state index >= 15 is 0 Å². The van der Waals surface area contributed by atoms with E-state index in [0.717, 1.165) is 0 Å². The van der Waals surface area contributed by atoms with Gasteiger partial charge in [0.25, 0.3) is 0 Å². The summed E-state index contributed by atoms with van der Waals surface area (Å²) in [5, 5.41) is 22.2. The molecule has 0 fully saturated rings. The van der Waals surface area contributed by atoms with Gasteiger partial charge in [-0.3, -0.25) is 0 Å². The van der Waals surface area contributed by atoms with Crippen LogP contribution < -0.4 is 14.8 Å². The van der Waals surface area contributed by atoms with Crippen LogP contribution in [0.1, 0.15) is 17.4 Å². The fourth-order valence-corrected chi connectivity index (χ4v) is 1.95. The maximum Gasteiger partial charge on any atom is 0.182 e. The van der Waals surface area contributed by atoms with Crippen LogP contribution in [0.4, 0.5) is 5.82 Å². The Bertz CT molecular complexity index is 685. The zero-order valence-electron chi connectivity index (χ0n) is 12.3. The number of nitrogens with zero attached hydrogens (tertiary/aromatic N) is 3. The first-order valence-corrected chi connectivity index (χ1v) is 6.54. The fraction of sp³-hybridized carbons (Fsp3) is 0.267. The van der Waals surface area contributed by atoms with E-state index in [1.807, 2.05) is 6.07 Å². The molecule has 0 aliphatic rings. The zero-order valence-corrected chi connectivity index (χ0v) is 12.3. The first kappa shape index (κ1) is 15.5. The molecule has 0 amide bonds. The van der Waals surface area contributed by atoms with E-state index in [0.29, 0.717) is 22.9 Å². The molecule has 0 bridgehead atoms. The minimum absolute atomic E-state index is 0.150. The van der Waals surface area contributed by atoms with Crippen LogP contribution in [0.25, 0.3) is 0 Å². The first-order valence-electron chi connectivity index (χ1n) is 6.54. The number of anilines is 1. The lowest BCUT2D eigenvalue weighted by Gasteiger charge is -2.17. The molecule has 2 aromatic rings. The van der Waals surface area contributed by atoms with Crippen LogP contribution in [-0.2, 0) is 0 Å². The second-order valence-electron chi connectivity index (χ2n) is 4.37. The molecular formula is C15H16N4O3. The van der Waals surface area contributed by atoms with E-state index in [9.17, 15) is 5.11 Å². The van der Waals surface area contributed by atoms with Crippen molar-refractivity contribution in [1.29, 1.82) is 5.26 Å². The smallest absolute Gasteiger partial charge is 0.182 e. The predicted molar refractivity (Wildman–Crippen MR) is 79.7 cm³/mol. The summed E-state index contributed by atoms with van der Waals surface area (Å²) in [7, 11) is 3.08. The van der Waals surface area contributed by atoms with Gasteiger partial charge in [-0.25, -0.2) is 9.97 Å². The summed E-state index contributed by atoms with van der Waals surface area (Å²) in [4.78, 5) is 7.92. The lowest BCUT2D eigenvalue weighted by Crippen LogP contribution is -2.15. The molecule has 7 nitrogen and oxygen atoms in total. The van der Waals surface area contributed by atoms with Gasteiger partial charge >= 0.3 is 0 Å². The standard InChI is InChI=1S/C15H16N4O3/c1-21-10-3-4-14(22-2)11(7-10)13(20)9-19-15-12(8-16)17-5-6-18-15/h3-7,13,20H,9H2,1-2H3,(H,18,19). The quantitative estimate of drug-likeness (QED) is 0.834. The highest BCUT2D eigenvalue weighted by molar-refractivity contribution is 5.48. The normalized spacial score (nSPS) is 11.4. The Balaban J connectivity index is 2.15. The van der Waals surface area contributed by atoms with Gasteiger partial charge in [0.1, 0.15) is 17.6 Å². The summed E-state index contributed by atoms with van der Waals surface area (Å²) in [6.07, 6.45) is 2.05. The Hall–Kier alpha value is -2.85.